The molecule has 0 aliphatic rings. The molecule has 0 saturated heterocycles. The maximum absolute atomic E-state index is 12.0. The van der Waals surface area contributed by atoms with Crippen molar-refractivity contribution in [2.45, 2.75) is 47.3 Å². The van der Waals surface area contributed by atoms with E-state index in [1.165, 1.54) is 53.4 Å². The monoisotopic (exact) mass is 1290 g/mol. The molecule has 2 N–H and O–H groups in total. The van der Waals surface area contributed by atoms with Crippen molar-refractivity contribution in [3.05, 3.63) is 146 Å². The van der Waals surface area contributed by atoms with E-state index in [9.17, 15) is 33.7 Å². The van der Waals surface area contributed by atoms with Crippen LogP contribution in [-0.2, 0) is 99.8 Å². The Hall–Kier alpha value is -4.26. The number of benzene rings is 4. The van der Waals surface area contributed by atoms with E-state index in [-0.39, 0.29) is 115 Å². The fraction of sp³-hybridized carbons (Fsp3) is 0.538. The van der Waals surface area contributed by atoms with E-state index < -0.39 is 40.5 Å². The molecule has 0 fully saturated rings. The van der Waals surface area contributed by atoms with Gasteiger partial charge in [-0.25, -0.2) is 0 Å². The zero-order valence-electron chi connectivity index (χ0n) is 48.7. The Labute approximate surface area is 521 Å². The Morgan fingerprint density at radius 3 is 0.694 bits per heavy atom. The zero-order chi connectivity index (χ0) is 62.2. The molecular formula is C52H78N7NaO21S4. The minimum absolute atomic E-state index is 0. The molecule has 0 heterocycles. The van der Waals surface area contributed by atoms with Crippen LogP contribution in [0, 0.1) is 27.7 Å². The summed E-state index contributed by atoms with van der Waals surface area (Å²) in [6, 6.07) is 25.7. The molecule has 33 heteroatoms. The summed E-state index contributed by atoms with van der Waals surface area (Å²) in [5.41, 5.74) is 30.7. The van der Waals surface area contributed by atoms with Gasteiger partial charge in [-0.2, -0.15) is 33.7 Å². The molecule has 0 atom stereocenters. The molecule has 0 bridgehead atoms. The van der Waals surface area contributed by atoms with Gasteiger partial charge in [0.05, 0.1) is 165 Å². The summed E-state index contributed by atoms with van der Waals surface area (Å²) in [6.45, 7) is 13.8. The van der Waals surface area contributed by atoms with Crippen LogP contribution < -0.4 is 35.3 Å². The third-order valence-corrected chi connectivity index (χ3v) is 15.3. The fourth-order valence-electron chi connectivity index (χ4n) is 5.76. The van der Waals surface area contributed by atoms with Gasteiger partial charge in [-0.05, 0) is 81.8 Å². The van der Waals surface area contributed by atoms with E-state index in [4.69, 9.17) is 81.7 Å². The smallest absolute Gasteiger partial charge is 0.379 e. The zero-order valence-corrected chi connectivity index (χ0v) is 53.9. The van der Waals surface area contributed by atoms with E-state index in [1.54, 1.807) is 48.5 Å². The van der Waals surface area contributed by atoms with Crippen LogP contribution in [0.5, 0.6) is 0 Å². The Morgan fingerprint density at radius 1 is 0.329 bits per heavy atom. The molecule has 4 aromatic carbocycles. The number of hydrogen-bond donors (Lipinski definition) is 1. The molecule has 0 unspecified atom stereocenters. The van der Waals surface area contributed by atoms with Gasteiger partial charge in [0.2, 0.25) is 0 Å². The molecule has 28 nitrogen and oxygen atoms in total. The average Bonchev–Trinajstić information content (AvgIpc) is 3.57. The molecule has 4 rings (SSSR count). The minimum atomic E-state index is -3.79. The van der Waals surface area contributed by atoms with Crippen LogP contribution in [0.3, 0.4) is 0 Å². The summed E-state index contributed by atoms with van der Waals surface area (Å²) in [5, 5.41) is 3.33. The molecule has 472 valence electrons. The maximum atomic E-state index is 12.0. The Balaban J connectivity index is 0.00000123. The number of hydrogen-bond acceptors (Lipinski definition) is 23. The third-order valence-electron chi connectivity index (χ3n) is 10.00. The summed E-state index contributed by atoms with van der Waals surface area (Å²) in [4.78, 5) is 4.58. The van der Waals surface area contributed by atoms with Gasteiger partial charge in [0.25, 0.3) is 40.5 Å². The Kier molecular flexibility index (Phi) is 47.2. The van der Waals surface area contributed by atoms with Crippen molar-refractivity contribution in [1.29, 1.82) is 0 Å². The Morgan fingerprint density at radius 2 is 0.506 bits per heavy atom. The first-order valence-corrected chi connectivity index (χ1v) is 31.6. The largest absolute Gasteiger partial charge is 1.00 e. The predicted molar refractivity (Wildman–Crippen MR) is 308 cm³/mol. The number of aryl methyl sites for hydroxylation is 4. The molecule has 0 spiro atoms. The van der Waals surface area contributed by atoms with Gasteiger partial charge in [-0.15, -0.1) is 0 Å². The summed E-state index contributed by atoms with van der Waals surface area (Å²) < 4.78 is 162. The van der Waals surface area contributed by atoms with Crippen molar-refractivity contribution in [3.8, 4) is 0 Å². The van der Waals surface area contributed by atoms with Crippen molar-refractivity contribution in [2.75, 3.05) is 158 Å². The number of rotatable bonds is 43. The summed E-state index contributed by atoms with van der Waals surface area (Å²) in [6.07, 6.45) is 0. The standard InChI is InChI=1S/C22H30O9S2.C15H23N3O6S.C15H25NO6S.N3.Na/c1-19-3-7-21(8-4-19)32(23,24)30-17-15-28-13-11-27-12-14-29-16-18-31-33(25,26)22-9-5-20(2)6-10-22;1-14-2-4-15(5-3-14)25(19,20)24-13-12-23-11-10-22-9-8-21-7-6-17-18-16;1-14-2-4-15(5-3-14)23(17,18)22-13-12-21-11-10-20-9-8-19-7-6-16;1-3-2;/h3-10H,11-18H2,1-2H3;2-5H,6-13H2,1H3;2-5H,6-13,16H2,1H3;;/q;;;-1;+1. The van der Waals surface area contributed by atoms with E-state index in [1.807, 2.05) is 27.7 Å². The van der Waals surface area contributed by atoms with E-state index in [2.05, 4.69) is 10.0 Å². The molecule has 0 aliphatic carbocycles. The van der Waals surface area contributed by atoms with E-state index >= 15 is 0 Å². The molecule has 0 radical (unpaired) electrons. The second-order valence-electron chi connectivity index (χ2n) is 16.7. The van der Waals surface area contributed by atoms with Crippen LogP contribution in [0.1, 0.15) is 22.3 Å². The molecular weight excluding hydrogens is 1210 g/mol. The summed E-state index contributed by atoms with van der Waals surface area (Å²) >= 11 is 0. The van der Waals surface area contributed by atoms with Crippen molar-refractivity contribution in [1.82, 2.24) is 0 Å². The molecule has 85 heavy (non-hydrogen) atoms. The van der Waals surface area contributed by atoms with Crippen LogP contribution in [0.2, 0.25) is 0 Å². The molecule has 4 aromatic rings. The summed E-state index contributed by atoms with van der Waals surface area (Å²) in [5.74, 6) is 0. The van der Waals surface area contributed by atoms with Crippen LogP contribution in [-0.4, -0.2) is 192 Å². The Bertz CT molecular complexity index is 2810. The van der Waals surface area contributed by atoms with Gasteiger partial charge < -0.3 is 59.4 Å². The summed E-state index contributed by atoms with van der Waals surface area (Å²) in [7, 11) is -15.1. The first kappa shape index (κ1) is 80.7. The normalized spacial score (nSPS) is 11.3. The van der Waals surface area contributed by atoms with Crippen LogP contribution in [0.15, 0.2) is 122 Å². The van der Waals surface area contributed by atoms with E-state index in [0.717, 1.165) is 22.3 Å². The van der Waals surface area contributed by atoms with Crippen molar-refractivity contribution < 1.29 is 123 Å². The number of ether oxygens (including phenoxy) is 9. The van der Waals surface area contributed by atoms with Crippen LogP contribution in [0.4, 0.5) is 0 Å². The fourth-order valence-corrected chi connectivity index (χ4v) is 9.33. The van der Waals surface area contributed by atoms with Crippen molar-refractivity contribution >= 4 is 40.5 Å². The van der Waals surface area contributed by atoms with Gasteiger partial charge in [-0.1, -0.05) is 75.9 Å². The molecule has 0 aliphatic heterocycles. The number of nitrogens with two attached hydrogens (primary N) is 1. The van der Waals surface area contributed by atoms with Gasteiger partial charge >= 0.3 is 29.6 Å². The van der Waals surface area contributed by atoms with E-state index in [0.29, 0.717) is 92.4 Å². The minimum Gasteiger partial charge on any atom is -0.379 e. The van der Waals surface area contributed by atoms with Crippen LogP contribution in [0.25, 0.3) is 26.4 Å². The van der Waals surface area contributed by atoms with Gasteiger partial charge in [-0.3, -0.25) is 21.6 Å². The van der Waals surface area contributed by atoms with Crippen molar-refractivity contribution in [3.63, 3.8) is 0 Å². The first-order valence-electron chi connectivity index (χ1n) is 26.0. The van der Waals surface area contributed by atoms with Gasteiger partial charge in [0.1, 0.15) is 0 Å². The quantitative estimate of drug-likeness (QED) is 0.0166. The molecule has 0 aromatic heterocycles. The predicted octanol–water partition coefficient (Wildman–Crippen LogP) is 3.10. The van der Waals surface area contributed by atoms with Gasteiger partial charge in [0.15, 0.2) is 0 Å². The molecule has 0 amide bonds. The number of azide groups is 1. The van der Waals surface area contributed by atoms with Crippen molar-refractivity contribution in [2.24, 2.45) is 10.8 Å². The van der Waals surface area contributed by atoms with Crippen LogP contribution >= 0.6 is 0 Å². The first-order chi connectivity index (χ1) is 40.2. The topological polar surface area (TPSA) is 390 Å². The third kappa shape index (κ3) is 41.5. The number of nitrogens with zero attached hydrogens (tertiary/aromatic N) is 6. The second kappa shape index (κ2) is 49.7. The SMILES string of the molecule is Cc1ccc(S(=O)(=O)OCCOCCOCCOCCN)cc1.Cc1ccc(S(=O)(=O)OCCOCCOCCOCCN=[N+]=[N-])cc1.Cc1ccc(S(=O)(=O)OCCOCCOCCOCCOS(=O)(=O)c2ccc(C)cc2)cc1.[N-]=[N+]=[N-].[Na+]. The molecule has 0 saturated carbocycles. The second-order valence-corrected chi connectivity index (χ2v) is 23.2. The average molecular weight is 1290 g/mol. The van der Waals surface area contributed by atoms with Gasteiger partial charge in [0, 0.05) is 18.0 Å². The maximum Gasteiger partial charge on any atom is 1.00 e.